The summed E-state index contributed by atoms with van der Waals surface area (Å²) in [5.41, 5.74) is 2.50. The van der Waals surface area contributed by atoms with Crippen molar-refractivity contribution in [3.8, 4) is 0 Å². The predicted molar refractivity (Wildman–Crippen MR) is 106 cm³/mol. The van der Waals surface area contributed by atoms with Crippen molar-refractivity contribution in [3.05, 3.63) is 78.4 Å². The van der Waals surface area contributed by atoms with E-state index < -0.39 is 10.0 Å². The lowest BCUT2D eigenvalue weighted by Crippen LogP contribution is -2.13. The molecule has 3 aromatic carbocycles. The van der Waals surface area contributed by atoms with E-state index in [1.165, 1.54) is 3.97 Å². The number of nitrogens with zero attached hydrogens (tertiary/aromatic N) is 1. The Bertz CT molecular complexity index is 1160. The van der Waals surface area contributed by atoms with E-state index in [1.54, 1.807) is 24.3 Å². The van der Waals surface area contributed by atoms with Gasteiger partial charge in [0.1, 0.15) is 0 Å². The van der Waals surface area contributed by atoms with E-state index >= 15 is 0 Å². The second-order valence-corrected chi connectivity index (χ2v) is 8.43. The second kappa shape index (κ2) is 6.32. The molecule has 0 atom stereocenters. The molecule has 4 rings (SSSR count). The van der Waals surface area contributed by atoms with Crippen LogP contribution in [0.1, 0.15) is 5.56 Å². The predicted octanol–water partition coefficient (Wildman–Crippen LogP) is 4.97. The van der Waals surface area contributed by atoms with Crippen molar-refractivity contribution in [3.63, 3.8) is 0 Å². The number of halogens is 1. The van der Waals surface area contributed by atoms with Gasteiger partial charge in [0, 0.05) is 16.1 Å². The third kappa shape index (κ3) is 2.58. The maximum atomic E-state index is 13.4. The van der Waals surface area contributed by atoms with Crippen LogP contribution in [0.2, 0.25) is 0 Å². The standard InChI is InChI=1S/C20H16BrNO2S/c21-14-13-15-7-6-11-18-17-10-4-5-12-19(17)22(20(15)18)25(23,24)16-8-2-1-3-9-16/h1-12H,13-14H2. The van der Waals surface area contributed by atoms with Crippen LogP contribution in [-0.2, 0) is 16.4 Å². The Morgan fingerprint density at radius 3 is 2.24 bits per heavy atom. The quantitative estimate of drug-likeness (QED) is 0.443. The zero-order valence-electron chi connectivity index (χ0n) is 13.4. The molecule has 3 nitrogen and oxygen atoms in total. The van der Waals surface area contributed by atoms with Crippen molar-refractivity contribution in [2.75, 3.05) is 5.33 Å². The van der Waals surface area contributed by atoms with Gasteiger partial charge in [0.15, 0.2) is 0 Å². The summed E-state index contributed by atoms with van der Waals surface area (Å²) in [5.74, 6) is 0. The van der Waals surface area contributed by atoms with Gasteiger partial charge in [-0.25, -0.2) is 12.4 Å². The number of fused-ring (bicyclic) bond motifs is 3. The fraction of sp³-hybridized carbons (Fsp3) is 0.100. The first-order chi connectivity index (χ1) is 12.1. The molecule has 0 unspecified atom stereocenters. The summed E-state index contributed by atoms with van der Waals surface area (Å²) in [5, 5.41) is 2.70. The van der Waals surface area contributed by atoms with E-state index in [4.69, 9.17) is 0 Å². The van der Waals surface area contributed by atoms with Crippen LogP contribution in [0.15, 0.2) is 77.7 Å². The molecule has 0 saturated heterocycles. The molecule has 0 aliphatic rings. The van der Waals surface area contributed by atoms with Crippen molar-refractivity contribution in [2.45, 2.75) is 11.3 Å². The Morgan fingerprint density at radius 1 is 0.800 bits per heavy atom. The lowest BCUT2D eigenvalue weighted by Gasteiger charge is -2.11. The summed E-state index contributed by atoms with van der Waals surface area (Å²) >= 11 is 3.48. The van der Waals surface area contributed by atoms with E-state index in [0.29, 0.717) is 10.4 Å². The molecule has 0 saturated carbocycles. The SMILES string of the molecule is O=S(=O)(c1ccccc1)n1c2ccccc2c2cccc(CCBr)c21. The first-order valence-corrected chi connectivity index (χ1v) is 10.6. The van der Waals surface area contributed by atoms with Gasteiger partial charge in [0.25, 0.3) is 10.0 Å². The first-order valence-electron chi connectivity index (χ1n) is 8.02. The summed E-state index contributed by atoms with van der Waals surface area (Å²) in [6.45, 7) is 0. The molecule has 25 heavy (non-hydrogen) atoms. The number of aromatic nitrogens is 1. The van der Waals surface area contributed by atoms with E-state index in [0.717, 1.165) is 33.6 Å². The second-order valence-electron chi connectivity index (χ2n) is 5.85. The van der Waals surface area contributed by atoms with Crippen LogP contribution in [0.3, 0.4) is 0 Å². The molecular formula is C20H16BrNO2S. The molecule has 0 bridgehead atoms. The molecule has 4 aromatic rings. The summed E-state index contributed by atoms with van der Waals surface area (Å²) in [6.07, 6.45) is 0.762. The number of rotatable bonds is 4. The molecule has 0 radical (unpaired) electrons. The van der Waals surface area contributed by atoms with E-state index in [1.807, 2.05) is 48.5 Å². The highest BCUT2D eigenvalue weighted by Crippen LogP contribution is 2.34. The first kappa shape index (κ1) is 16.4. The van der Waals surface area contributed by atoms with Gasteiger partial charge in [-0.1, -0.05) is 70.5 Å². The van der Waals surface area contributed by atoms with Crippen molar-refractivity contribution >= 4 is 47.8 Å². The summed E-state index contributed by atoms with van der Waals surface area (Å²) in [4.78, 5) is 0.297. The minimum Gasteiger partial charge on any atom is -0.233 e. The number of benzene rings is 3. The van der Waals surface area contributed by atoms with Crippen LogP contribution in [0.5, 0.6) is 0 Å². The van der Waals surface area contributed by atoms with E-state index in [2.05, 4.69) is 15.9 Å². The van der Waals surface area contributed by atoms with Crippen LogP contribution in [0.25, 0.3) is 21.8 Å². The Labute approximate surface area is 155 Å². The van der Waals surface area contributed by atoms with Crippen LogP contribution in [0, 0.1) is 0 Å². The van der Waals surface area contributed by atoms with Gasteiger partial charge < -0.3 is 0 Å². The van der Waals surface area contributed by atoms with Crippen molar-refractivity contribution in [1.29, 1.82) is 0 Å². The molecule has 1 heterocycles. The topological polar surface area (TPSA) is 39.1 Å². The highest BCUT2D eigenvalue weighted by molar-refractivity contribution is 9.09. The average molecular weight is 414 g/mol. The van der Waals surface area contributed by atoms with Gasteiger partial charge in [0.2, 0.25) is 0 Å². The molecule has 0 fully saturated rings. The highest BCUT2D eigenvalue weighted by atomic mass is 79.9. The lowest BCUT2D eigenvalue weighted by molar-refractivity contribution is 0.590. The van der Waals surface area contributed by atoms with Gasteiger partial charge >= 0.3 is 0 Å². The van der Waals surface area contributed by atoms with Crippen LogP contribution in [-0.4, -0.2) is 17.7 Å². The third-order valence-corrected chi connectivity index (χ3v) is 6.51. The van der Waals surface area contributed by atoms with Gasteiger partial charge in [0.05, 0.1) is 15.9 Å². The van der Waals surface area contributed by atoms with E-state index in [-0.39, 0.29) is 0 Å². The Kier molecular flexibility index (Phi) is 4.13. The molecule has 1 aromatic heterocycles. The summed E-state index contributed by atoms with van der Waals surface area (Å²) in [7, 11) is -3.69. The third-order valence-electron chi connectivity index (χ3n) is 4.38. The molecular weight excluding hydrogens is 398 g/mol. The molecule has 0 spiro atoms. The van der Waals surface area contributed by atoms with Crippen LogP contribution < -0.4 is 0 Å². The van der Waals surface area contributed by atoms with Crippen molar-refractivity contribution in [1.82, 2.24) is 3.97 Å². The zero-order valence-corrected chi connectivity index (χ0v) is 15.8. The maximum absolute atomic E-state index is 13.4. The molecule has 0 N–H and O–H groups in total. The normalized spacial score (nSPS) is 12.0. The highest BCUT2D eigenvalue weighted by Gasteiger charge is 2.24. The average Bonchev–Trinajstić information content (AvgIpc) is 2.99. The van der Waals surface area contributed by atoms with E-state index in [9.17, 15) is 8.42 Å². The van der Waals surface area contributed by atoms with Gasteiger partial charge in [-0.3, -0.25) is 0 Å². The van der Waals surface area contributed by atoms with Crippen molar-refractivity contribution in [2.24, 2.45) is 0 Å². The van der Waals surface area contributed by atoms with Gasteiger partial charge in [-0.05, 0) is 30.2 Å². The smallest absolute Gasteiger partial charge is 0.233 e. The maximum Gasteiger partial charge on any atom is 0.268 e. The van der Waals surface area contributed by atoms with Gasteiger partial charge in [-0.15, -0.1) is 0 Å². The van der Waals surface area contributed by atoms with Crippen LogP contribution in [0.4, 0.5) is 0 Å². The Balaban J connectivity index is 2.18. The lowest BCUT2D eigenvalue weighted by atomic mass is 10.1. The number of aryl methyl sites for hydroxylation is 1. The van der Waals surface area contributed by atoms with Crippen LogP contribution >= 0.6 is 15.9 Å². The monoisotopic (exact) mass is 413 g/mol. The zero-order chi connectivity index (χ0) is 17.4. The minimum atomic E-state index is -3.69. The molecule has 0 aliphatic heterocycles. The van der Waals surface area contributed by atoms with Crippen molar-refractivity contribution < 1.29 is 8.42 Å². The molecule has 0 aliphatic carbocycles. The number of para-hydroxylation sites is 2. The summed E-state index contributed by atoms with van der Waals surface area (Å²) in [6, 6.07) is 22.3. The Hall–Kier alpha value is -2.11. The van der Waals surface area contributed by atoms with Gasteiger partial charge in [-0.2, -0.15) is 0 Å². The molecule has 0 amide bonds. The fourth-order valence-electron chi connectivity index (χ4n) is 3.30. The fourth-order valence-corrected chi connectivity index (χ4v) is 5.31. The Morgan fingerprint density at radius 2 is 1.48 bits per heavy atom. The number of hydrogen-bond donors (Lipinski definition) is 0. The number of hydrogen-bond acceptors (Lipinski definition) is 2. The molecule has 5 heteroatoms. The summed E-state index contributed by atoms with van der Waals surface area (Å²) < 4.78 is 28.4. The minimum absolute atomic E-state index is 0.297. The number of alkyl halides is 1. The largest absolute Gasteiger partial charge is 0.268 e. The molecule has 126 valence electrons.